The number of rotatable bonds is 7. The smallest absolute Gasteiger partial charge is 0.318 e. The molecule has 1 atom stereocenters. The molecule has 2 aromatic carbocycles. The number of para-hydroxylation sites is 1. The SMILES string of the molecule is CCOCCCNC(=O)N1Cc2ccccc2-n2cccc2[C@@H]1c1ccc(SC)cc1. The minimum atomic E-state index is -0.176. The molecule has 1 N–H and O–H groups in total. The fourth-order valence-corrected chi connectivity index (χ4v) is 4.50. The van der Waals surface area contributed by atoms with Crippen LogP contribution in [0.3, 0.4) is 0 Å². The summed E-state index contributed by atoms with van der Waals surface area (Å²) in [5.74, 6) is 0. The van der Waals surface area contributed by atoms with Gasteiger partial charge in [-0.05, 0) is 61.1 Å². The Labute approximate surface area is 188 Å². The summed E-state index contributed by atoms with van der Waals surface area (Å²) in [6.07, 6.45) is 4.96. The number of carbonyl (C=O) groups excluding carboxylic acids is 1. The van der Waals surface area contributed by atoms with Crippen LogP contribution < -0.4 is 5.32 Å². The highest BCUT2D eigenvalue weighted by molar-refractivity contribution is 7.98. The first-order valence-corrected chi connectivity index (χ1v) is 12.0. The number of hydrogen-bond acceptors (Lipinski definition) is 3. The first-order valence-electron chi connectivity index (χ1n) is 10.7. The number of aromatic nitrogens is 1. The van der Waals surface area contributed by atoms with Crippen LogP contribution in [0.25, 0.3) is 5.69 Å². The molecule has 1 aromatic heterocycles. The molecule has 162 valence electrons. The molecule has 2 amide bonds. The van der Waals surface area contributed by atoms with Crippen LogP contribution in [0.4, 0.5) is 4.79 Å². The van der Waals surface area contributed by atoms with Gasteiger partial charge in [0.05, 0.1) is 18.3 Å². The molecule has 1 aliphatic rings. The third-order valence-corrected chi connectivity index (χ3v) is 6.35. The van der Waals surface area contributed by atoms with Crippen molar-refractivity contribution in [2.45, 2.75) is 30.8 Å². The number of benzene rings is 2. The van der Waals surface area contributed by atoms with Crippen LogP contribution >= 0.6 is 11.8 Å². The van der Waals surface area contributed by atoms with E-state index in [1.54, 1.807) is 11.8 Å². The molecule has 0 unspecified atom stereocenters. The van der Waals surface area contributed by atoms with Crippen LogP contribution in [-0.2, 0) is 11.3 Å². The average molecular weight is 436 g/mol. The van der Waals surface area contributed by atoms with Crippen molar-refractivity contribution >= 4 is 17.8 Å². The lowest BCUT2D eigenvalue weighted by Gasteiger charge is -2.31. The zero-order chi connectivity index (χ0) is 21.6. The number of urea groups is 1. The summed E-state index contributed by atoms with van der Waals surface area (Å²) in [7, 11) is 0. The lowest BCUT2D eigenvalue weighted by atomic mass is 10.0. The van der Waals surface area contributed by atoms with Crippen LogP contribution in [0.15, 0.2) is 71.8 Å². The second kappa shape index (κ2) is 10.1. The fraction of sp³-hybridized carbons (Fsp3) is 0.320. The third kappa shape index (κ3) is 4.65. The van der Waals surface area contributed by atoms with Gasteiger partial charge in [0.25, 0.3) is 0 Å². The third-order valence-electron chi connectivity index (χ3n) is 5.60. The number of ether oxygens (including phenoxy) is 1. The number of nitrogens with zero attached hydrogens (tertiary/aromatic N) is 2. The zero-order valence-corrected chi connectivity index (χ0v) is 18.9. The maximum Gasteiger partial charge on any atom is 0.318 e. The summed E-state index contributed by atoms with van der Waals surface area (Å²) < 4.78 is 7.62. The summed E-state index contributed by atoms with van der Waals surface area (Å²) in [6.45, 7) is 4.47. The average Bonchev–Trinajstić information content (AvgIpc) is 3.23. The van der Waals surface area contributed by atoms with Crippen LogP contribution in [0.2, 0.25) is 0 Å². The molecule has 2 heterocycles. The Kier molecular flexibility index (Phi) is 6.99. The second-order valence-electron chi connectivity index (χ2n) is 7.52. The Bertz CT molecular complexity index is 1020. The lowest BCUT2D eigenvalue weighted by Crippen LogP contribution is -2.42. The van der Waals surface area contributed by atoms with Gasteiger partial charge in [-0.3, -0.25) is 0 Å². The molecule has 1 aliphatic heterocycles. The van der Waals surface area contributed by atoms with Crippen molar-refractivity contribution in [1.82, 2.24) is 14.8 Å². The number of fused-ring (bicyclic) bond motifs is 3. The van der Waals surface area contributed by atoms with E-state index in [1.165, 1.54) is 4.90 Å². The summed E-state index contributed by atoms with van der Waals surface area (Å²) in [5, 5.41) is 3.11. The van der Waals surface area contributed by atoms with Gasteiger partial charge in [0.1, 0.15) is 0 Å². The molecule has 0 spiro atoms. The van der Waals surface area contributed by atoms with Crippen molar-refractivity contribution < 1.29 is 9.53 Å². The van der Waals surface area contributed by atoms with Gasteiger partial charge in [0.15, 0.2) is 0 Å². The van der Waals surface area contributed by atoms with Gasteiger partial charge in [-0.2, -0.15) is 0 Å². The molecule has 0 radical (unpaired) electrons. The van der Waals surface area contributed by atoms with E-state index in [9.17, 15) is 4.79 Å². The van der Waals surface area contributed by atoms with Gasteiger partial charge >= 0.3 is 6.03 Å². The Morgan fingerprint density at radius 1 is 1.13 bits per heavy atom. The Balaban J connectivity index is 1.70. The lowest BCUT2D eigenvalue weighted by molar-refractivity contribution is 0.143. The summed E-state index contributed by atoms with van der Waals surface area (Å²) in [4.78, 5) is 16.6. The Hall–Kier alpha value is -2.70. The molecule has 0 saturated heterocycles. The summed E-state index contributed by atoms with van der Waals surface area (Å²) >= 11 is 1.72. The standard InChI is InChI=1S/C25H29N3O2S/c1-3-30-17-7-15-26-25(29)28-18-20-8-4-5-9-22(20)27-16-6-10-23(27)24(28)19-11-13-21(31-2)14-12-19/h4-6,8-14,16,24H,3,7,15,17-18H2,1-2H3,(H,26,29)/t24-/m0/s1. The minimum absolute atomic E-state index is 0.0557. The minimum Gasteiger partial charge on any atom is -0.382 e. The largest absolute Gasteiger partial charge is 0.382 e. The number of nitrogens with one attached hydrogen (secondary N) is 1. The first-order chi connectivity index (χ1) is 15.2. The van der Waals surface area contributed by atoms with E-state index in [2.05, 4.69) is 70.9 Å². The zero-order valence-electron chi connectivity index (χ0n) is 18.1. The maximum absolute atomic E-state index is 13.4. The van der Waals surface area contributed by atoms with Gasteiger partial charge in [-0.25, -0.2) is 4.79 Å². The van der Waals surface area contributed by atoms with Crippen molar-refractivity contribution in [2.24, 2.45) is 0 Å². The van der Waals surface area contributed by atoms with E-state index in [0.717, 1.165) is 28.9 Å². The van der Waals surface area contributed by atoms with Gasteiger partial charge in [-0.1, -0.05) is 30.3 Å². The number of amides is 2. The molecule has 3 aromatic rings. The quantitative estimate of drug-likeness (QED) is 0.408. The molecular weight excluding hydrogens is 406 g/mol. The Morgan fingerprint density at radius 3 is 2.71 bits per heavy atom. The topological polar surface area (TPSA) is 46.5 Å². The number of thioether (sulfide) groups is 1. The molecule has 0 aliphatic carbocycles. The van der Waals surface area contributed by atoms with Gasteiger partial charge in [0.2, 0.25) is 0 Å². The molecule has 0 fully saturated rings. The first kappa shape index (κ1) is 21.5. The predicted molar refractivity (Wildman–Crippen MR) is 126 cm³/mol. The van der Waals surface area contributed by atoms with Crippen molar-refractivity contribution in [3.05, 3.63) is 83.7 Å². The van der Waals surface area contributed by atoms with Gasteiger partial charge in [-0.15, -0.1) is 11.8 Å². The monoisotopic (exact) mass is 435 g/mol. The van der Waals surface area contributed by atoms with Crippen LogP contribution in [0.1, 0.15) is 36.2 Å². The molecular formula is C25H29N3O2S. The van der Waals surface area contributed by atoms with E-state index in [4.69, 9.17) is 4.74 Å². The van der Waals surface area contributed by atoms with Crippen LogP contribution in [0, 0.1) is 0 Å². The van der Waals surface area contributed by atoms with Crippen molar-refractivity contribution in [2.75, 3.05) is 26.0 Å². The molecule has 0 saturated carbocycles. The van der Waals surface area contributed by atoms with E-state index < -0.39 is 0 Å². The van der Waals surface area contributed by atoms with Crippen LogP contribution in [0.5, 0.6) is 0 Å². The summed E-state index contributed by atoms with van der Waals surface area (Å²) in [5.41, 5.74) is 4.45. The molecule has 5 nitrogen and oxygen atoms in total. The van der Waals surface area contributed by atoms with Crippen molar-refractivity contribution in [1.29, 1.82) is 0 Å². The molecule has 4 rings (SSSR count). The van der Waals surface area contributed by atoms with Crippen molar-refractivity contribution in [3.8, 4) is 5.69 Å². The van der Waals surface area contributed by atoms with E-state index in [1.807, 2.05) is 24.0 Å². The molecule has 0 bridgehead atoms. The summed E-state index contributed by atoms with van der Waals surface area (Å²) in [6, 6.07) is 20.8. The fourth-order valence-electron chi connectivity index (χ4n) is 4.09. The van der Waals surface area contributed by atoms with Gasteiger partial charge < -0.3 is 19.5 Å². The predicted octanol–water partition coefficient (Wildman–Crippen LogP) is 5.24. The van der Waals surface area contributed by atoms with E-state index in [-0.39, 0.29) is 12.1 Å². The highest BCUT2D eigenvalue weighted by atomic mass is 32.2. The molecule has 31 heavy (non-hydrogen) atoms. The highest BCUT2D eigenvalue weighted by Crippen LogP contribution is 2.37. The Morgan fingerprint density at radius 2 is 1.94 bits per heavy atom. The van der Waals surface area contributed by atoms with Gasteiger partial charge in [0, 0.05) is 36.5 Å². The van der Waals surface area contributed by atoms with E-state index in [0.29, 0.717) is 26.3 Å². The highest BCUT2D eigenvalue weighted by Gasteiger charge is 2.32. The second-order valence-corrected chi connectivity index (χ2v) is 8.40. The van der Waals surface area contributed by atoms with E-state index >= 15 is 0 Å². The molecule has 6 heteroatoms. The van der Waals surface area contributed by atoms with Crippen molar-refractivity contribution in [3.63, 3.8) is 0 Å². The maximum atomic E-state index is 13.4. The number of carbonyl (C=O) groups is 1. The van der Waals surface area contributed by atoms with Crippen LogP contribution in [-0.4, -0.2) is 41.5 Å². The normalized spacial score (nSPS) is 15.2. The number of hydrogen-bond donors (Lipinski definition) is 1.